The van der Waals surface area contributed by atoms with Gasteiger partial charge in [-0.25, -0.2) is 9.97 Å². The first-order chi connectivity index (χ1) is 8.36. The number of aryl methyl sites for hydroxylation is 1. The van der Waals surface area contributed by atoms with Gasteiger partial charge in [-0.3, -0.25) is 0 Å². The lowest BCUT2D eigenvalue weighted by atomic mass is 10.2. The molecule has 18 heavy (non-hydrogen) atoms. The van der Waals surface area contributed by atoms with Crippen molar-refractivity contribution in [3.63, 3.8) is 0 Å². The topological polar surface area (TPSA) is 46.0 Å². The first-order valence-corrected chi connectivity index (χ1v) is 6.68. The largest absolute Gasteiger partial charge is 0.443 e. The maximum Gasteiger partial charge on any atom is 0.443 e. The van der Waals surface area contributed by atoms with Gasteiger partial charge in [0.2, 0.25) is 0 Å². The predicted molar refractivity (Wildman–Crippen MR) is 62.6 cm³/mol. The van der Waals surface area contributed by atoms with E-state index < -0.39 is 17.3 Å². The lowest BCUT2D eigenvalue weighted by molar-refractivity contribution is -0.137. The molecular weight excluding hydrogens is 285 g/mol. The molecule has 2 aromatic rings. The number of halogens is 3. The van der Waals surface area contributed by atoms with Crippen molar-refractivity contribution in [3.8, 4) is 0 Å². The summed E-state index contributed by atoms with van der Waals surface area (Å²) in [5, 5.41) is 11.5. The van der Waals surface area contributed by atoms with E-state index in [2.05, 4.69) is 9.97 Å². The molecule has 0 aliphatic rings. The number of hydrogen-bond donors (Lipinski definition) is 1. The standard InChI is InChI=1S/C10H9F3N2OS2/c1-5-15-6(4-17-5)2-7(16)8-3-14-9(18-8)10(11,12)13/h3-4,7,16H,2H2,1H3. The molecule has 0 fully saturated rings. The molecule has 8 heteroatoms. The van der Waals surface area contributed by atoms with Crippen LogP contribution in [0.5, 0.6) is 0 Å². The van der Waals surface area contributed by atoms with E-state index in [1.807, 2.05) is 6.92 Å². The molecule has 0 radical (unpaired) electrons. The Hall–Kier alpha value is -0.990. The third-order valence-corrected chi connectivity index (χ3v) is 4.13. The number of rotatable bonds is 3. The average Bonchev–Trinajstić information content (AvgIpc) is 2.85. The summed E-state index contributed by atoms with van der Waals surface area (Å²) in [6.07, 6.45) is -4.19. The van der Waals surface area contributed by atoms with Crippen LogP contribution in [0.1, 0.15) is 26.7 Å². The normalized spacial score (nSPS) is 13.8. The summed E-state index contributed by atoms with van der Waals surface area (Å²) in [7, 11) is 0. The van der Waals surface area contributed by atoms with E-state index >= 15 is 0 Å². The average molecular weight is 294 g/mol. The number of nitrogens with zero attached hydrogens (tertiary/aromatic N) is 2. The van der Waals surface area contributed by atoms with Gasteiger partial charge in [0.25, 0.3) is 0 Å². The molecule has 0 saturated heterocycles. The lowest BCUT2D eigenvalue weighted by Crippen LogP contribution is -2.03. The Kier molecular flexibility index (Phi) is 3.69. The molecule has 1 unspecified atom stereocenters. The molecule has 0 spiro atoms. The van der Waals surface area contributed by atoms with Gasteiger partial charge < -0.3 is 5.11 Å². The summed E-state index contributed by atoms with van der Waals surface area (Å²) in [6.45, 7) is 1.83. The fourth-order valence-corrected chi connectivity index (χ4v) is 2.77. The van der Waals surface area contributed by atoms with Crippen LogP contribution in [0.25, 0.3) is 0 Å². The van der Waals surface area contributed by atoms with Crippen molar-refractivity contribution in [2.45, 2.75) is 25.6 Å². The van der Waals surface area contributed by atoms with Gasteiger partial charge in [-0.05, 0) is 6.92 Å². The maximum absolute atomic E-state index is 12.4. The van der Waals surface area contributed by atoms with Crippen LogP contribution in [-0.4, -0.2) is 15.1 Å². The molecule has 1 atom stereocenters. The van der Waals surface area contributed by atoms with E-state index in [4.69, 9.17) is 0 Å². The molecule has 0 amide bonds. The van der Waals surface area contributed by atoms with Crippen LogP contribution >= 0.6 is 22.7 Å². The first kappa shape index (κ1) is 13.4. The van der Waals surface area contributed by atoms with Crippen molar-refractivity contribution in [2.75, 3.05) is 0 Å². The first-order valence-electron chi connectivity index (χ1n) is 4.98. The highest BCUT2D eigenvalue weighted by Crippen LogP contribution is 2.35. The third kappa shape index (κ3) is 3.06. The monoisotopic (exact) mass is 294 g/mol. The summed E-state index contributed by atoms with van der Waals surface area (Å²) in [5.41, 5.74) is 0.673. The van der Waals surface area contributed by atoms with E-state index in [-0.39, 0.29) is 11.3 Å². The molecule has 0 aliphatic carbocycles. The van der Waals surface area contributed by atoms with Gasteiger partial charge >= 0.3 is 6.18 Å². The zero-order valence-corrected chi connectivity index (χ0v) is 10.9. The molecule has 3 nitrogen and oxygen atoms in total. The summed E-state index contributed by atoms with van der Waals surface area (Å²) < 4.78 is 37.1. The maximum atomic E-state index is 12.4. The molecule has 0 bridgehead atoms. The predicted octanol–water partition coefficient (Wildman–Crippen LogP) is 3.20. The van der Waals surface area contributed by atoms with Crippen LogP contribution < -0.4 is 0 Å². The van der Waals surface area contributed by atoms with Crippen LogP contribution in [0.2, 0.25) is 0 Å². The molecule has 0 aromatic carbocycles. The Morgan fingerprint density at radius 3 is 2.67 bits per heavy atom. The van der Waals surface area contributed by atoms with Crippen molar-refractivity contribution in [1.29, 1.82) is 0 Å². The van der Waals surface area contributed by atoms with E-state index in [1.165, 1.54) is 11.3 Å². The summed E-state index contributed by atoms with van der Waals surface area (Å²) in [5.74, 6) is 0. The van der Waals surface area contributed by atoms with Gasteiger partial charge in [-0.2, -0.15) is 13.2 Å². The quantitative estimate of drug-likeness (QED) is 0.945. The second kappa shape index (κ2) is 4.94. The van der Waals surface area contributed by atoms with Crippen LogP contribution in [0, 0.1) is 6.92 Å². The van der Waals surface area contributed by atoms with E-state index in [0.717, 1.165) is 11.2 Å². The van der Waals surface area contributed by atoms with Crippen molar-refractivity contribution in [2.24, 2.45) is 0 Å². The van der Waals surface area contributed by atoms with E-state index in [9.17, 15) is 18.3 Å². The number of aliphatic hydroxyl groups is 1. The molecule has 1 N–H and O–H groups in total. The number of aliphatic hydroxyl groups excluding tert-OH is 1. The number of thiazole rings is 2. The Morgan fingerprint density at radius 2 is 2.17 bits per heavy atom. The smallest absolute Gasteiger partial charge is 0.387 e. The molecule has 0 saturated carbocycles. The van der Waals surface area contributed by atoms with Crippen molar-refractivity contribution in [3.05, 3.63) is 32.2 Å². The van der Waals surface area contributed by atoms with Crippen LogP contribution in [-0.2, 0) is 12.6 Å². The van der Waals surface area contributed by atoms with Gasteiger partial charge in [0.05, 0.1) is 21.7 Å². The molecule has 2 rings (SSSR count). The van der Waals surface area contributed by atoms with Crippen LogP contribution in [0.4, 0.5) is 13.2 Å². The zero-order valence-electron chi connectivity index (χ0n) is 9.23. The van der Waals surface area contributed by atoms with Gasteiger partial charge in [0.1, 0.15) is 0 Å². The number of hydrogen-bond acceptors (Lipinski definition) is 5. The minimum atomic E-state index is -4.46. The molecule has 98 valence electrons. The van der Waals surface area contributed by atoms with Crippen molar-refractivity contribution >= 4 is 22.7 Å². The minimum absolute atomic E-state index is 0.198. The molecular formula is C10H9F3N2OS2. The SMILES string of the molecule is Cc1nc(CC(O)c2cnc(C(F)(F)F)s2)cs1. The summed E-state index contributed by atoms with van der Waals surface area (Å²) in [6, 6.07) is 0. The zero-order chi connectivity index (χ0) is 13.3. The third-order valence-electron chi connectivity index (χ3n) is 2.16. The highest BCUT2D eigenvalue weighted by molar-refractivity contribution is 7.11. The molecule has 2 heterocycles. The Morgan fingerprint density at radius 1 is 1.44 bits per heavy atom. The van der Waals surface area contributed by atoms with Crippen molar-refractivity contribution in [1.82, 2.24) is 9.97 Å². The Labute approximate surface area is 109 Å². The van der Waals surface area contributed by atoms with Crippen LogP contribution in [0.15, 0.2) is 11.6 Å². The fraction of sp³-hybridized carbons (Fsp3) is 0.400. The van der Waals surface area contributed by atoms with E-state index in [1.54, 1.807) is 5.38 Å². The number of aromatic nitrogens is 2. The van der Waals surface area contributed by atoms with Gasteiger partial charge in [-0.15, -0.1) is 22.7 Å². The van der Waals surface area contributed by atoms with Gasteiger partial charge in [-0.1, -0.05) is 0 Å². The highest BCUT2D eigenvalue weighted by atomic mass is 32.1. The summed E-state index contributed by atoms with van der Waals surface area (Å²) in [4.78, 5) is 7.63. The summed E-state index contributed by atoms with van der Waals surface area (Å²) >= 11 is 1.90. The van der Waals surface area contributed by atoms with Gasteiger partial charge in [0.15, 0.2) is 5.01 Å². The second-order valence-electron chi connectivity index (χ2n) is 3.64. The Bertz CT molecular complexity index is 535. The lowest BCUT2D eigenvalue weighted by Gasteiger charge is -2.05. The minimum Gasteiger partial charge on any atom is -0.387 e. The second-order valence-corrected chi connectivity index (χ2v) is 5.77. The van der Waals surface area contributed by atoms with Gasteiger partial charge in [0, 0.05) is 18.0 Å². The highest BCUT2D eigenvalue weighted by Gasteiger charge is 2.35. The van der Waals surface area contributed by atoms with Crippen molar-refractivity contribution < 1.29 is 18.3 Å². The number of alkyl halides is 3. The Balaban J connectivity index is 2.09. The van der Waals surface area contributed by atoms with E-state index in [0.29, 0.717) is 17.0 Å². The molecule has 2 aromatic heterocycles. The fourth-order valence-electron chi connectivity index (χ4n) is 1.37. The van der Waals surface area contributed by atoms with Crippen LogP contribution in [0.3, 0.4) is 0 Å². The molecule has 0 aliphatic heterocycles.